The van der Waals surface area contributed by atoms with Crippen LogP contribution < -0.4 is 9.47 Å². The Morgan fingerprint density at radius 2 is 1.77 bits per heavy atom. The van der Waals surface area contributed by atoms with Gasteiger partial charge in [-0.25, -0.2) is 4.79 Å². The van der Waals surface area contributed by atoms with Crippen LogP contribution in [0.1, 0.15) is 15.9 Å². The molecule has 2 aromatic rings. The summed E-state index contributed by atoms with van der Waals surface area (Å²) in [5, 5.41) is 10.9. The Bertz CT molecular complexity index is 832. The van der Waals surface area contributed by atoms with Crippen molar-refractivity contribution in [3.8, 4) is 11.5 Å². The lowest BCUT2D eigenvalue weighted by Crippen LogP contribution is -2.19. The monoisotopic (exact) mass is 359 g/mol. The van der Waals surface area contributed by atoms with Gasteiger partial charge < -0.3 is 14.2 Å². The van der Waals surface area contributed by atoms with E-state index >= 15 is 0 Å². The van der Waals surface area contributed by atoms with E-state index in [0.29, 0.717) is 17.1 Å². The van der Waals surface area contributed by atoms with Crippen molar-refractivity contribution < 1.29 is 28.7 Å². The first-order valence-corrected chi connectivity index (χ1v) is 7.62. The highest BCUT2D eigenvalue weighted by Crippen LogP contribution is 2.25. The predicted molar refractivity (Wildman–Crippen MR) is 91.6 cm³/mol. The van der Waals surface area contributed by atoms with Gasteiger partial charge in [0.1, 0.15) is 0 Å². The number of nitro groups is 1. The maximum absolute atomic E-state index is 12.0. The maximum Gasteiger partial charge on any atom is 0.344 e. The second-order valence-electron chi connectivity index (χ2n) is 5.28. The van der Waals surface area contributed by atoms with Gasteiger partial charge in [-0.3, -0.25) is 14.9 Å². The van der Waals surface area contributed by atoms with Gasteiger partial charge in [-0.15, -0.1) is 0 Å². The number of para-hydroxylation sites is 2. The lowest BCUT2D eigenvalue weighted by molar-refractivity contribution is -0.385. The van der Waals surface area contributed by atoms with Crippen molar-refractivity contribution >= 4 is 17.4 Å². The molecule has 0 radical (unpaired) electrons. The molecule has 0 unspecified atom stereocenters. The first-order valence-electron chi connectivity index (χ1n) is 7.62. The highest BCUT2D eigenvalue weighted by Gasteiger charge is 2.16. The first kappa shape index (κ1) is 18.9. The Kier molecular flexibility index (Phi) is 6.26. The first-order chi connectivity index (χ1) is 12.4. The number of esters is 1. The minimum absolute atomic E-state index is 0.0979. The SMILES string of the molecule is COc1ccccc1OCC(=O)OCC(=O)c1ccc(C)c([N+](=O)[O-])c1. The van der Waals surface area contributed by atoms with Crippen LogP contribution in [0, 0.1) is 17.0 Å². The van der Waals surface area contributed by atoms with Gasteiger partial charge in [-0.2, -0.15) is 0 Å². The molecule has 0 spiro atoms. The molecule has 0 fully saturated rings. The Morgan fingerprint density at radius 1 is 1.08 bits per heavy atom. The van der Waals surface area contributed by atoms with Crippen LogP contribution in [0.3, 0.4) is 0 Å². The van der Waals surface area contributed by atoms with Gasteiger partial charge in [0, 0.05) is 17.2 Å². The van der Waals surface area contributed by atoms with Gasteiger partial charge in [0.25, 0.3) is 5.69 Å². The Hall–Kier alpha value is -3.42. The van der Waals surface area contributed by atoms with Crippen molar-refractivity contribution in [2.75, 3.05) is 20.3 Å². The van der Waals surface area contributed by atoms with Crippen LogP contribution in [-0.2, 0) is 9.53 Å². The molecular weight excluding hydrogens is 342 g/mol. The molecular formula is C18H17NO7. The quantitative estimate of drug-likeness (QED) is 0.309. The van der Waals surface area contributed by atoms with Crippen molar-refractivity contribution in [1.29, 1.82) is 0 Å². The Balaban J connectivity index is 1.90. The van der Waals surface area contributed by atoms with Crippen molar-refractivity contribution in [2.24, 2.45) is 0 Å². The van der Waals surface area contributed by atoms with E-state index in [0.717, 1.165) is 6.07 Å². The van der Waals surface area contributed by atoms with Crippen LogP contribution in [0.25, 0.3) is 0 Å². The topological polar surface area (TPSA) is 105 Å². The van der Waals surface area contributed by atoms with Crippen LogP contribution >= 0.6 is 0 Å². The summed E-state index contributed by atoms with van der Waals surface area (Å²) < 4.78 is 15.2. The molecule has 8 nitrogen and oxygen atoms in total. The van der Waals surface area contributed by atoms with Gasteiger partial charge in [-0.05, 0) is 19.1 Å². The van der Waals surface area contributed by atoms with Crippen molar-refractivity contribution in [3.05, 3.63) is 63.7 Å². The van der Waals surface area contributed by atoms with Crippen molar-refractivity contribution in [3.63, 3.8) is 0 Å². The molecule has 0 aromatic heterocycles. The molecule has 0 aliphatic carbocycles. The van der Waals surface area contributed by atoms with Gasteiger partial charge in [0.15, 0.2) is 24.7 Å². The van der Waals surface area contributed by atoms with E-state index < -0.39 is 29.9 Å². The number of nitrogens with zero attached hydrogens (tertiary/aromatic N) is 1. The summed E-state index contributed by atoms with van der Waals surface area (Å²) in [5.74, 6) is -0.458. The van der Waals surface area contributed by atoms with E-state index in [-0.39, 0.29) is 11.3 Å². The van der Waals surface area contributed by atoms with Crippen LogP contribution in [0.4, 0.5) is 5.69 Å². The molecule has 26 heavy (non-hydrogen) atoms. The third-order valence-corrected chi connectivity index (χ3v) is 3.51. The van der Waals surface area contributed by atoms with E-state index in [2.05, 4.69) is 0 Å². The van der Waals surface area contributed by atoms with E-state index in [4.69, 9.17) is 14.2 Å². The number of carbonyl (C=O) groups excluding carboxylic acids is 2. The van der Waals surface area contributed by atoms with Crippen molar-refractivity contribution in [2.45, 2.75) is 6.92 Å². The number of hydrogen-bond donors (Lipinski definition) is 0. The molecule has 2 aromatic carbocycles. The van der Waals surface area contributed by atoms with Crippen LogP contribution in [0.2, 0.25) is 0 Å². The smallest absolute Gasteiger partial charge is 0.344 e. The summed E-state index contributed by atoms with van der Waals surface area (Å²) in [6.45, 7) is 0.637. The number of ether oxygens (including phenoxy) is 3. The number of benzene rings is 2. The minimum atomic E-state index is -0.745. The molecule has 0 heterocycles. The number of methoxy groups -OCH3 is 1. The van der Waals surface area contributed by atoms with Gasteiger partial charge >= 0.3 is 5.97 Å². The average molecular weight is 359 g/mol. The van der Waals surface area contributed by atoms with Gasteiger partial charge in [-0.1, -0.05) is 24.3 Å². The third kappa shape index (κ3) is 4.79. The number of Topliss-reactive ketones (excluding diaryl/α,β-unsaturated/α-hetero) is 1. The molecule has 0 aliphatic rings. The second-order valence-corrected chi connectivity index (χ2v) is 5.28. The standard InChI is InChI=1S/C18H17NO7/c1-12-7-8-13(9-14(12)19(22)23)15(20)10-26-18(21)11-25-17-6-4-3-5-16(17)24-2/h3-9H,10-11H2,1-2H3. The zero-order chi connectivity index (χ0) is 19.1. The largest absolute Gasteiger partial charge is 0.493 e. The fourth-order valence-corrected chi connectivity index (χ4v) is 2.13. The molecule has 0 aliphatic heterocycles. The molecule has 0 saturated carbocycles. The van der Waals surface area contributed by atoms with Crippen molar-refractivity contribution in [1.82, 2.24) is 0 Å². The molecule has 0 amide bonds. The maximum atomic E-state index is 12.0. The lowest BCUT2D eigenvalue weighted by atomic mass is 10.1. The number of hydrogen-bond acceptors (Lipinski definition) is 7. The molecule has 0 atom stereocenters. The predicted octanol–water partition coefficient (Wildman–Crippen LogP) is 2.72. The number of nitro benzene ring substituents is 1. The summed E-state index contributed by atoms with van der Waals surface area (Å²) in [5.41, 5.74) is 0.371. The number of carbonyl (C=O) groups is 2. The summed E-state index contributed by atoms with van der Waals surface area (Å²) in [7, 11) is 1.47. The van der Waals surface area contributed by atoms with E-state index in [9.17, 15) is 19.7 Å². The van der Waals surface area contributed by atoms with E-state index in [1.807, 2.05) is 0 Å². The summed E-state index contributed by atoms with van der Waals surface area (Å²) in [4.78, 5) is 34.1. The Morgan fingerprint density at radius 3 is 2.42 bits per heavy atom. The highest BCUT2D eigenvalue weighted by molar-refractivity contribution is 5.98. The van der Waals surface area contributed by atoms with Crippen LogP contribution in [0.15, 0.2) is 42.5 Å². The fourth-order valence-electron chi connectivity index (χ4n) is 2.13. The summed E-state index contributed by atoms with van der Waals surface area (Å²) in [6, 6.07) is 10.9. The molecule has 0 saturated heterocycles. The van der Waals surface area contributed by atoms with Gasteiger partial charge in [0.05, 0.1) is 12.0 Å². The van der Waals surface area contributed by atoms with Gasteiger partial charge in [0.2, 0.25) is 5.78 Å². The zero-order valence-corrected chi connectivity index (χ0v) is 14.3. The third-order valence-electron chi connectivity index (χ3n) is 3.51. The molecule has 2 rings (SSSR count). The minimum Gasteiger partial charge on any atom is -0.493 e. The molecule has 8 heteroatoms. The summed E-state index contributed by atoms with van der Waals surface area (Å²) in [6.07, 6.45) is 0. The second kappa shape index (κ2) is 8.61. The lowest BCUT2D eigenvalue weighted by Gasteiger charge is -2.10. The fraction of sp³-hybridized carbons (Fsp3) is 0.222. The number of ketones is 1. The number of rotatable bonds is 8. The average Bonchev–Trinajstić information content (AvgIpc) is 2.64. The molecule has 0 N–H and O–H groups in total. The normalized spacial score (nSPS) is 10.1. The summed E-state index contributed by atoms with van der Waals surface area (Å²) >= 11 is 0. The molecule has 0 bridgehead atoms. The number of aryl methyl sites for hydroxylation is 1. The van der Waals surface area contributed by atoms with Crippen LogP contribution in [-0.4, -0.2) is 37.0 Å². The highest BCUT2D eigenvalue weighted by atomic mass is 16.6. The zero-order valence-electron chi connectivity index (χ0n) is 14.3. The van der Waals surface area contributed by atoms with E-state index in [1.165, 1.54) is 19.2 Å². The van der Waals surface area contributed by atoms with Crippen LogP contribution in [0.5, 0.6) is 11.5 Å². The molecule has 136 valence electrons. The Labute approximate surface area is 149 Å². The van der Waals surface area contributed by atoms with E-state index in [1.54, 1.807) is 31.2 Å².